The molecule has 1 fully saturated rings. The van der Waals surface area contributed by atoms with Crippen LogP contribution in [-0.4, -0.2) is 33.1 Å². The molecule has 2 aromatic heterocycles. The summed E-state index contributed by atoms with van der Waals surface area (Å²) in [6, 6.07) is 2.01. The Bertz CT molecular complexity index is 631. The van der Waals surface area contributed by atoms with E-state index in [-0.39, 0.29) is 0 Å². The number of hydrogen-bond donors (Lipinski definition) is 0. The number of pyridine rings is 1. The van der Waals surface area contributed by atoms with Crippen LogP contribution in [0.25, 0.3) is 11.2 Å². The van der Waals surface area contributed by atoms with E-state index >= 15 is 0 Å². The van der Waals surface area contributed by atoms with Gasteiger partial charge in [0.2, 0.25) is 0 Å². The first-order valence-corrected chi connectivity index (χ1v) is 8.74. The van der Waals surface area contributed by atoms with Crippen molar-refractivity contribution < 1.29 is 4.74 Å². The zero-order valence-corrected chi connectivity index (χ0v) is 14.4. The van der Waals surface area contributed by atoms with Gasteiger partial charge in [0.25, 0.3) is 0 Å². The van der Waals surface area contributed by atoms with Crippen molar-refractivity contribution in [3.8, 4) is 0 Å². The summed E-state index contributed by atoms with van der Waals surface area (Å²) in [7, 11) is 0. The molecular formula is C15H19BrClN3O. The molecule has 1 aliphatic rings. The number of hydrogen-bond acceptors (Lipinski definition) is 3. The third-order valence-electron chi connectivity index (χ3n) is 4.11. The number of fused-ring (bicyclic) bond motifs is 1. The molecule has 4 nitrogen and oxygen atoms in total. The molecule has 0 amide bonds. The monoisotopic (exact) mass is 371 g/mol. The highest BCUT2D eigenvalue weighted by molar-refractivity contribution is 9.10. The van der Waals surface area contributed by atoms with E-state index in [0.717, 1.165) is 53.9 Å². The zero-order valence-electron chi connectivity index (χ0n) is 12.1. The summed E-state index contributed by atoms with van der Waals surface area (Å²) in [5.74, 6) is 2.13. The number of ether oxygens (including phenoxy) is 1. The Kier molecular flexibility index (Phi) is 4.82. The highest BCUT2D eigenvalue weighted by Crippen LogP contribution is 2.28. The molecule has 1 aliphatic heterocycles. The van der Waals surface area contributed by atoms with Crippen molar-refractivity contribution >= 4 is 38.7 Å². The van der Waals surface area contributed by atoms with Crippen molar-refractivity contribution in [2.45, 2.75) is 38.8 Å². The molecule has 0 saturated carbocycles. The van der Waals surface area contributed by atoms with E-state index in [1.807, 2.05) is 12.3 Å². The van der Waals surface area contributed by atoms with Crippen LogP contribution in [0.3, 0.4) is 0 Å². The molecule has 3 heterocycles. The van der Waals surface area contributed by atoms with Crippen molar-refractivity contribution in [1.29, 1.82) is 0 Å². The summed E-state index contributed by atoms with van der Waals surface area (Å²) in [6.07, 6.45) is 5.10. The standard InChI is InChI=1S/C15H19BrClN3O/c1-2-13-10(4-6-21-13)9-20-14(3-5-17)19-12-7-11(16)8-18-15(12)20/h7-8,10,13H,2-6,9H2,1H3. The predicted molar refractivity (Wildman–Crippen MR) is 87.8 cm³/mol. The molecule has 0 spiro atoms. The number of aromatic nitrogens is 3. The summed E-state index contributed by atoms with van der Waals surface area (Å²) in [4.78, 5) is 9.25. The van der Waals surface area contributed by atoms with Gasteiger partial charge < -0.3 is 9.30 Å². The van der Waals surface area contributed by atoms with E-state index in [1.165, 1.54) is 0 Å². The third kappa shape index (κ3) is 3.10. The van der Waals surface area contributed by atoms with Crippen LogP contribution in [0.15, 0.2) is 16.7 Å². The lowest BCUT2D eigenvalue weighted by molar-refractivity contribution is 0.0835. The van der Waals surface area contributed by atoms with Crippen LogP contribution in [0, 0.1) is 5.92 Å². The molecule has 0 aliphatic carbocycles. The summed E-state index contributed by atoms with van der Waals surface area (Å²) in [6.45, 7) is 3.96. The maximum Gasteiger partial charge on any atom is 0.160 e. The Balaban J connectivity index is 1.96. The van der Waals surface area contributed by atoms with Gasteiger partial charge in [0.15, 0.2) is 5.65 Å². The summed E-state index contributed by atoms with van der Waals surface area (Å²) in [5, 5.41) is 0. The lowest BCUT2D eigenvalue weighted by Gasteiger charge is -2.18. The van der Waals surface area contributed by atoms with Crippen LogP contribution in [0.1, 0.15) is 25.6 Å². The quantitative estimate of drug-likeness (QED) is 0.750. The number of aryl methyl sites for hydroxylation is 1. The van der Waals surface area contributed by atoms with Crippen molar-refractivity contribution in [1.82, 2.24) is 14.5 Å². The molecule has 114 valence electrons. The first kappa shape index (κ1) is 15.3. The molecule has 2 unspecified atom stereocenters. The third-order valence-corrected chi connectivity index (χ3v) is 4.74. The Labute approximate surface area is 138 Å². The molecule has 0 N–H and O–H groups in total. The van der Waals surface area contributed by atoms with Crippen molar-refractivity contribution in [3.63, 3.8) is 0 Å². The van der Waals surface area contributed by atoms with Gasteiger partial charge in [-0.3, -0.25) is 0 Å². The molecular weight excluding hydrogens is 354 g/mol. The minimum absolute atomic E-state index is 0.349. The van der Waals surface area contributed by atoms with Gasteiger partial charge in [-0.15, -0.1) is 11.6 Å². The molecule has 1 saturated heterocycles. The number of imidazole rings is 1. The van der Waals surface area contributed by atoms with Gasteiger partial charge >= 0.3 is 0 Å². The lowest BCUT2D eigenvalue weighted by Crippen LogP contribution is -2.21. The molecule has 0 aromatic carbocycles. The highest BCUT2D eigenvalue weighted by Gasteiger charge is 2.28. The van der Waals surface area contributed by atoms with Crippen molar-refractivity contribution in [3.05, 3.63) is 22.6 Å². The molecule has 6 heteroatoms. The smallest absolute Gasteiger partial charge is 0.160 e. The fourth-order valence-electron chi connectivity index (χ4n) is 3.09. The zero-order chi connectivity index (χ0) is 14.8. The fraction of sp³-hybridized carbons (Fsp3) is 0.600. The summed E-state index contributed by atoms with van der Waals surface area (Å²) >= 11 is 9.39. The molecule has 21 heavy (non-hydrogen) atoms. The first-order chi connectivity index (χ1) is 10.2. The fourth-order valence-corrected chi connectivity index (χ4v) is 3.58. The Morgan fingerprint density at radius 1 is 1.52 bits per heavy atom. The molecule has 2 aromatic rings. The Morgan fingerprint density at radius 3 is 3.14 bits per heavy atom. The second-order valence-corrected chi connectivity index (χ2v) is 6.73. The van der Waals surface area contributed by atoms with Crippen LogP contribution in [-0.2, 0) is 17.7 Å². The number of halogens is 2. The van der Waals surface area contributed by atoms with Crippen molar-refractivity contribution in [2.75, 3.05) is 12.5 Å². The average Bonchev–Trinajstić information content (AvgIpc) is 3.04. The van der Waals surface area contributed by atoms with Gasteiger partial charge in [0.05, 0.1) is 6.10 Å². The van der Waals surface area contributed by atoms with Crippen LogP contribution in [0.2, 0.25) is 0 Å². The van der Waals surface area contributed by atoms with Crippen molar-refractivity contribution in [2.24, 2.45) is 5.92 Å². The van der Waals surface area contributed by atoms with Gasteiger partial charge in [-0.25, -0.2) is 9.97 Å². The number of nitrogens with zero attached hydrogens (tertiary/aromatic N) is 3. The van der Waals surface area contributed by atoms with Gasteiger partial charge in [-0.2, -0.15) is 0 Å². The van der Waals surface area contributed by atoms with Crippen LogP contribution in [0.5, 0.6) is 0 Å². The van der Waals surface area contributed by atoms with Crippen LogP contribution >= 0.6 is 27.5 Å². The maximum atomic E-state index is 5.93. The second kappa shape index (κ2) is 6.63. The average molecular weight is 373 g/mol. The van der Waals surface area contributed by atoms with E-state index in [4.69, 9.17) is 21.3 Å². The summed E-state index contributed by atoms with van der Waals surface area (Å²) in [5.41, 5.74) is 1.87. The van der Waals surface area contributed by atoms with Gasteiger partial charge in [-0.1, -0.05) is 6.92 Å². The second-order valence-electron chi connectivity index (χ2n) is 5.44. The lowest BCUT2D eigenvalue weighted by atomic mass is 9.99. The number of alkyl halides is 1. The minimum Gasteiger partial charge on any atom is -0.378 e. The highest BCUT2D eigenvalue weighted by atomic mass is 79.9. The van der Waals surface area contributed by atoms with Gasteiger partial charge in [0, 0.05) is 42.0 Å². The van der Waals surface area contributed by atoms with E-state index < -0.39 is 0 Å². The predicted octanol–water partition coefficient (Wildman–Crippen LogP) is 3.79. The molecule has 0 bridgehead atoms. The normalized spacial score (nSPS) is 22.2. The minimum atomic E-state index is 0.349. The van der Waals surface area contributed by atoms with E-state index in [1.54, 1.807) is 0 Å². The SMILES string of the molecule is CCC1OCCC1Cn1c(CCCl)nc2cc(Br)cnc21. The maximum absolute atomic E-state index is 5.93. The van der Waals surface area contributed by atoms with Crippen LogP contribution < -0.4 is 0 Å². The Morgan fingerprint density at radius 2 is 2.38 bits per heavy atom. The molecule has 0 radical (unpaired) electrons. The van der Waals surface area contributed by atoms with E-state index in [0.29, 0.717) is 17.9 Å². The largest absolute Gasteiger partial charge is 0.378 e. The first-order valence-electron chi connectivity index (χ1n) is 7.41. The molecule has 3 rings (SSSR count). The number of rotatable bonds is 5. The van der Waals surface area contributed by atoms with E-state index in [2.05, 4.69) is 32.4 Å². The summed E-state index contributed by atoms with van der Waals surface area (Å²) < 4.78 is 8.99. The molecule has 2 atom stereocenters. The van der Waals surface area contributed by atoms with Gasteiger partial charge in [0.1, 0.15) is 11.3 Å². The van der Waals surface area contributed by atoms with Crippen LogP contribution in [0.4, 0.5) is 0 Å². The topological polar surface area (TPSA) is 39.9 Å². The van der Waals surface area contributed by atoms with Gasteiger partial charge in [-0.05, 0) is 34.8 Å². The van der Waals surface area contributed by atoms with E-state index in [9.17, 15) is 0 Å². The Hall–Kier alpha value is -0.650.